The van der Waals surface area contributed by atoms with Crippen molar-refractivity contribution in [3.05, 3.63) is 47.5 Å². The van der Waals surface area contributed by atoms with Gasteiger partial charge in [-0.1, -0.05) is 60.2 Å². The molecule has 34 heavy (non-hydrogen) atoms. The fourth-order valence-corrected chi connectivity index (χ4v) is 9.50. The van der Waals surface area contributed by atoms with Crippen LogP contribution in [0.15, 0.2) is 42.0 Å². The summed E-state index contributed by atoms with van der Waals surface area (Å²) in [6.07, 6.45) is 8.64. The molecular formula is C28H32ClIO4. The summed E-state index contributed by atoms with van der Waals surface area (Å²) >= 11 is 9.98. The van der Waals surface area contributed by atoms with Gasteiger partial charge in [-0.15, -0.1) is 11.6 Å². The van der Waals surface area contributed by atoms with Crippen LogP contribution in [0.3, 0.4) is 0 Å². The highest BCUT2D eigenvalue weighted by Gasteiger charge is 2.70. The maximum Gasteiger partial charge on any atom is 0.338 e. The number of Topliss-reactive ketones (excluding diaryl/α,β-unsaturated/α-hetero) is 1. The van der Waals surface area contributed by atoms with Gasteiger partial charge in [0, 0.05) is 11.8 Å². The summed E-state index contributed by atoms with van der Waals surface area (Å²) in [5.74, 6) is 0.452. The molecule has 0 amide bonds. The second-order valence-electron chi connectivity index (χ2n) is 11.2. The zero-order valence-corrected chi connectivity index (χ0v) is 22.8. The first-order valence-electron chi connectivity index (χ1n) is 12.4. The predicted octanol–water partition coefficient (Wildman–Crippen LogP) is 6.48. The van der Waals surface area contributed by atoms with Gasteiger partial charge in [0.15, 0.2) is 18.2 Å². The molecule has 0 radical (unpaired) electrons. The first kappa shape index (κ1) is 24.5. The monoisotopic (exact) mass is 594 g/mol. The van der Waals surface area contributed by atoms with E-state index in [1.165, 1.54) is 5.57 Å². The number of carbonyl (C=O) groups is 3. The number of benzene rings is 1. The van der Waals surface area contributed by atoms with Gasteiger partial charge in [-0.05, 0) is 80.4 Å². The second kappa shape index (κ2) is 8.43. The van der Waals surface area contributed by atoms with Gasteiger partial charge in [-0.2, -0.15) is 0 Å². The van der Waals surface area contributed by atoms with Gasteiger partial charge in [0.1, 0.15) is 0 Å². The van der Waals surface area contributed by atoms with Crippen molar-refractivity contribution in [1.29, 1.82) is 0 Å². The molecule has 0 spiro atoms. The highest BCUT2D eigenvalue weighted by molar-refractivity contribution is 14.1. The average Bonchev–Trinajstić information content (AvgIpc) is 3.11. The molecule has 0 saturated heterocycles. The standard InChI is InChI=1S/C28H32ClIO4/c1-25-12-10-20(31)16-19(25)8-9-22-21-11-13-28(30,26(21,2)14-15-27(22,25)29)23(32)17-34-24(33)18-6-4-3-5-7-18/h3-7,16,21-22H,8-15,17H2,1-2H3/t21-,22-,25-,26-,27+,28-/m0/s1. The Hall–Kier alpha value is -1.21. The second-order valence-corrected chi connectivity index (χ2v) is 13.7. The number of halogens is 2. The maximum atomic E-state index is 13.6. The van der Waals surface area contributed by atoms with Crippen molar-refractivity contribution in [2.75, 3.05) is 6.61 Å². The van der Waals surface area contributed by atoms with Crippen LogP contribution in [0, 0.1) is 22.7 Å². The number of hydrogen-bond donors (Lipinski definition) is 0. The fourth-order valence-electron chi connectivity index (χ4n) is 7.80. The Morgan fingerprint density at radius 3 is 2.50 bits per heavy atom. The van der Waals surface area contributed by atoms with E-state index in [0.29, 0.717) is 23.8 Å². The van der Waals surface area contributed by atoms with E-state index in [1.54, 1.807) is 24.3 Å². The molecule has 0 unspecified atom stereocenters. The van der Waals surface area contributed by atoms with Crippen molar-refractivity contribution in [3.63, 3.8) is 0 Å². The van der Waals surface area contributed by atoms with Gasteiger partial charge in [-0.3, -0.25) is 9.59 Å². The minimum Gasteiger partial charge on any atom is -0.454 e. The SMILES string of the molecule is C[C@]12CCC(=O)C=C1CC[C@H]1[C@@H]3CC[C@](I)(C(=O)COC(=O)c4ccccc4)[C@@]3(C)CC[C@@]12Cl. The molecule has 4 nitrogen and oxygen atoms in total. The third-order valence-electron chi connectivity index (χ3n) is 9.95. The van der Waals surface area contributed by atoms with Crippen LogP contribution >= 0.6 is 34.2 Å². The average molecular weight is 595 g/mol. The van der Waals surface area contributed by atoms with Crippen molar-refractivity contribution in [2.45, 2.75) is 73.5 Å². The summed E-state index contributed by atoms with van der Waals surface area (Å²) < 4.78 is 4.89. The molecule has 4 aliphatic rings. The van der Waals surface area contributed by atoms with Crippen LogP contribution in [0.25, 0.3) is 0 Å². The predicted molar refractivity (Wildman–Crippen MR) is 140 cm³/mol. The lowest BCUT2D eigenvalue weighted by molar-refractivity contribution is -0.129. The third kappa shape index (κ3) is 3.39. The number of ketones is 2. The molecule has 0 N–H and O–H groups in total. The lowest BCUT2D eigenvalue weighted by atomic mass is 9.46. The van der Waals surface area contributed by atoms with E-state index in [9.17, 15) is 14.4 Å². The number of ether oxygens (including phenoxy) is 1. The van der Waals surface area contributed by atoms with Crippen LogP contribution in [0.4, 0.5) is 0 Å². The molecular weight excluding hydrogens is 563 g/mol. The molecule has 0 heterocycles. The fraction of sp³-hybridized carbons (Fsp3) is 0.607. The summed E-state index contributed by atoms with van der Waals surface area (Å²) in [6.45, 7) is 4.35. The molecule has 0 aliphatic heterocycles. The molecule has 0 bridgehead atoms. The van der Waals surface area contributed by atoms with E-state index in [4.69, 9.17) is 16.3 Å². The Morgan fingerprint density at radius 1 is 1.03 bits per heavy atom. The molecule has 1 aromatic rings. The van der Waals surface area contributed by atoms with Crippen LogP contribution in [-0.2, 0) is 14.3 Å². The molecule has 6 heteroatoms. The number of esters is 1. The zero-order valence-electron chi connectivity index (χ0n) is 19.9. The largest absolute Gasteiger partial charge is 0.454 e. The molecule has 5 rings (SSSR count). The van der Waals surface area contributed by atoms with Crippen LogP contribution in [0.5, 0.6) is 0 Å². The summed E-state index contributed by atoms with van der Waals surface area (Å²) in [4.78, 5) is 37.8. The molecule has 4 aliphatic carbocycles. The molecule has 1 aromatic carbocycles. The highest BCUT2D eigenvalue weighted by atomic mass is 127. The first-order chi connectivity index (χ1) is 16.1. The van der Waals surface area contributed by atoms with Crippen molar-refractivity contribution >= 4 is 51.7 Å². The van der Waals surface area contributed by atoms with E-state index in [0.717, 1.165) is 44.9 Å². The molecule has 0 aromatic heterocycles. The Bertz CT molecular complexity index is 1070. The molecule has 3 saturated carbocycles. The van der Waals surface area contributed by atoms with E-state index < -0.39 is 9.39 Å². The van der Waals surface area contributed by atoms with Gasteiger partial charge in [0.2, 0.25) is 0 Å². The quantitative estimate of drug-likeness (QED) is 0.228. The smallest absolute Gasteiger partial charge is 0.338 e. The van der Waals surface area contributed by atoms with E-state index in [1.807, 2.05) is 12.1 Å². The van der Waals surface area contributed by atoms with E-state index in [2.05, 4.69) is 36.4 Å². The van der Waals surface area contributed by atoms with Gasteiger partial charge >= 0.3 is 5.97 Å². The zero-order chi connectivity index (χ0) is 24.4. The Balaban J connectivity index is 1.37. The number of hydrogen-bond acceptors (Lipinski definition) is 4. The van der Waals surface area contributed by atoms with Gasteiger partial charge < -0.3 is 4.74 Å². The minimum absolute atomic E-state index is 0.00956. The Labute approximate surface area is 220 Å². The number of carbonyl (C=O) groups excluding carboxylic acids is 3. The number of allylic oxidation sites excluding steroid dienone is 1. The molecule has 182 valence electrons. The Morgan fingerprint density at radius 2 is 1.76 bits per heavy atom. The number of rotatable bonds is 4. The first-order valence-corrected chi connectivity index (χ1v) is 13.9. The van der Waals surface area contributed by atoms with E-state index >= 15 is 0 Å². The number of fused-ring (bicyclic) bond motifs is 5. The molecule has 6 atom stereocenters. The lowest BCUT2D eigenvalue weighted by Gasteiger charge is -2.63. The maximum absolute atomic E-state index is 13.6. The van der Waals surface area contributed by atoms with E-state index in [-0.39, 0.29) is 33.9 Å². The van der Waals surface area contributed by atoms with Crippen molar-refractivity contribution in [1.82, 2.24) is 0 Å². The number of alkyl halides is 2. The van der Waals surface area contributed by atoms with Crippen LogP contribution in [-0.4, -0.2) is 32.4 Å². The van der Waals surface area contributed by atoms with Crippen LogP contribution < -0.4 is 0 Å². The van der Waals surface area contributed by atoms with Gasteiger partial charge in [0.25, 0.3) is 0 Å². The lowest BCUT2D eigenvalue weighted by Crippen LogP contribution is -2.62. The van der Waals surface area contributed by atoms with Crippen molar-refractivity contribution in [2.24, 2.45) is 22.7 Å². The summed E-state index contributed by atoms with van der Waals surface area (Å²) in [7, 11) is 0. The van der Waals surface area contributed by atoms with Gasteiger partial charge in [0.05, 0.1) is 13.9 Å². The van der Waals surface area contributed by atoms with Crippen LogP contribution in [0.1, 0.15) is 75.6 Å². The van der Waals surface area contributed by atoms with Crippen molar-refractivity contribution < 1.29 is 19.1 Å². The Kier molecular flexibility index (Phi) is 6.07. The highest BCUT2D eigenvalue weighted by Crippen LogP contribution is 2.72. The summed E-state index contributed by atoms with van der Waals surface area (Å²) in [5, 5.41) is 0. The minimum atomic E-state index is -0.565. The van der Waals surface area contributed by atoms with Crippen LogP contribution in [0.2, 0.25) is 0 Å². The third-order valence-corrected chi connectivity index (χ3v) is 13.2. The van der Waals surface area contributed by atoms with Gasteiger partial charge in [-0.25, -0.2) is 4.79 Å². The summed E-state index contributed by atoms with van der Waals surface area (Å²) in [5.41, 5.74) is 1.36. The van der Waals surface area contributed by atoms with Crippen molar-refractivity contribution in [3.8, 4) is 0 Å². The molecule has 3 fully saturated rings. The normalized spacial score (nSPS) is 41.1. The topological polar surface area (TPSA) is 60.4 Å². The summed E-state index contributed by atoms with van der Waals surface area (Å²) in [6, 6.07) is 8.82.